The van der Waals surface area contributed by atoms with Gasteiger partial charge >= 0.3 is 5.77 Å². The Hall–Kier alpha value is 0.410. The summed E-state index contributed by atoms with van der Waals surface area (Å²) >= 11 is 4.12. The van der Waals surface area contributed by atoms with E-state index in [1.165, 1.54) is 0 Å². The Labute approximate surface area is 142 Å². The Kier molecular flexibility index (Phi) is 11.2. The average molecular weight is 387 g/mol. The summed E-state index contributed by atoms with van der Waals surface area (Å²) < 4.78 is 11.8. The predicted molar refractivity (Wildman–Crippen MR) is 99.3 cm³/mol. The molecule has 0 bridgehead atoms. The zero-order valence-corrected chi connectivity index (χ0v) is 16.2. The second-order valence-electron chi connectivity index (χ2n) is 3.97. The minimum atomic E-state index is -3.32. The molecule has 120 valence electrons. The van der Waals surface area contributed by atoms with E-state index in [4.69, 9.17) is 0 Å². The highest BCUT2D eigenvalue weighted by Gasteiger charge is 2.20. The maximum absolute atomic E-state index is 11.8. The largest absolute Gasteiger partial charge is 0.329 e. The van der Waals surface area contributed by atoms with Gasteiger partial charge in [-0.05, 0) is 25.0 Å². The molecule has 0 saturated carbocycles. The highest BCUT2D eigenvalue weighted by Crippen LogP contribution is 2.65. The molecule has 0 radical (unpaired) electrons. The molecule has 0 aliphatic rings. The number of hydrogen-bond acceptors (Lipinski definition) is 7. The van der Waals surface area contributed by atoms with Gasteiger partial charge in [-0.2, -0.15) is 0 Å². The number of thioether (sulfide) groups is 2. The van der Waals surface area contributed by atoms with E-state index in [1.807, 2.05) is 0 Å². The van der Waals surface area contributed by atoms with Crippen LogP contribution in [0.3, 0.4) is 0 Å². The van der Waals surface area contributed by atoms with Gasteiger partial charge in [-0.25, -0.2) is 0 Å². The van der Waals surface area contributed by atoms with Crippen molar-refractivity contribution >= 4 is 62.3 Å². The first-order valence-corrected chi connectivity index (χ1v) is 12.7. The number of carbonyl (C=O) groups is 2. The van der Waals surface area contributed by atoms with Crippen LogP contribution in [0.4, 0.5) is 0 Å². The van der Waals surface area contributed by atoms with Crippen molar-refractivity contribution in [2.75, 3.05) is 23.0 Å². The van der Waals surface area contributed by atoms with Crippen LogP contribution in [0.2, 0.25) is 0 Å². The summed E-state index contributed by atoms with van der Waals surface area (Å²) in [6, 6.07) is 0. The van der Waals surface area contributed by atoms with Crippen molar-refractivity contribution in [2.45, 2.75) is 13.8 Å². The summed E-state index contributed by atoms with van der Waals surface area (Å²) in [5.41, 5.74) is 0.955. The Morgan fingerprint density at radius 2 is 1.24 bits per heavy atom. The molecule has 0 atom stereocenters. The van der Waals surface area contributed by atoms with Gasteiger partial charge in [-0.3, -0.25) is 14.2 Å². The van der Waals surface area contributed by atoms with Gasteiger partial charge in [0, 0.05) is 23.0 Å². The molecule has 0 aliphatic heterocycles. The SMILES string of the molecule is C=C(C)C(=O)SCCSP(=O)(O)SCCSC(=O)C(=C)C. The molecule has 0 aromatic carbocycles. The molecule has 0 spiro atoms. The van der Waals surface area contributed by atoms with Crippen LogP contribution in [0.5, 0.6) is 0 Å². The van der Waals surface area contributed by atoms with Crippen molar-refractivity contribution in [3.63, 3.8) is 0 Å². The van der Waals surface area contributed by atoms with Crippen molar-refractivity contribution < 1.29 is 19.0 Å². The van der Waals surface area contributed by atoms with Crippen LogP contribution in [0.15, 0.2) is 24.3 Å². The molecule has 4 nitrogen and oxygen atoms in total. The highest BCUT2D eigenvalue weighted by molar-refractivity contribution is 8.89. The third-order valence-corrected chi connectivity index (χ3v) is 10.8. The fraction of sp³-hybridized carbons (Fsp3) is 0.500. The molecule has 0 rings (SSSR count). The molecule has 0 amide bonds. The van der Waals surface area contributed by atoms with E-state index >= 15 is 0 Å². The van der Waals surface area contributed by atoms with E-state index in [9.17, 15) is 19.0 Å². The van der Waals surface area contributed by atoms with Crippen LogP contribution in [0.1, 0.15) is 13.8 Å². The van der Waals surface area contributed by atoms with Crippen LogP contribution in [-0.2, 0) is 14.2 Å². The Bertz CT molecular complexity index is 426. The number of rotatable bonds is 10. The predicted octanol–water partition coefficient (Wildman–Crippen LogP) is 4.23. The van der Waals surface area contributed by atoms with E-state index in [-0.39, 0.29) is 10.2 Å². The lowest BCUT2D eigenvalue weighted by molar-refractivity contribution is -0.108. The summed E-state index contributed by atoms with van der Waals surface area (Å²) in [6.07, 6.45) is 0. The average Bonchev–Trinajstić information content (AvgIpc) is 2.38. The van der Waals surface area contributed by atoms with Gasteiger partial charge in [0.2, 0.25) is 10.2 Å². The third-order valence-electron chi connectivity index (χ3n) is 1.84. The Balaban J connectivity index is 3.81. The van der Waals surface area contributed by atoms with Crippen LogP contribution < -0.4 is 0 Å². The van der Waals surface area contributed by atoms with Crippen LogP contribution >= 0.6 is 52.1 Å². The summed E-state index contributed by atoms with van der Waals surface area (Å²) in [4.78, 5) is 32.3. The maximum Gasteiger partial charge on any atom is 0.310 e. The fourth-order valence-electron chi connectivity index (χ4n) is 0.858. The standard InChI is InChI=1S/C12H19O4PS4/c1-9(2)11(13)18-5-7-20-17(15,16)21-8-6-19-12(14)10(3)4/h1,3,5-8H2,2,4H3,(H,15,16). The van der Waals surface area contributed by atoms with Gasteiger partial charge in [0.15, 0.2) is 0 Å². The van der Waals surface area contributed by atoms with Gasteiger partial charge in [0.25, 0.3) is 0 Å². The smallest absolute Gasteiger partial charge is 0.310 e. The zero-order valence-electron chi connectivity index (χ0n) is 12.0. The van der Waals surface area contributed by atoms with Crippen LogP contribution in [0, 0.1) is 0 Å². The molecule has 0 saturated heterocycles. The molecule has 21 heavy (non-hydrogen) atoms. The van der Waals surface area contributed by atoms with Crippen molar-refractivity contribution in [3.05, 3.63) is 24.3 Å². The molecule has 0 aromatic rings. The van der Waals surface area contributed by atoms with Crippen LogP contribution in [-0.4, -0.2) is 38.1 Å². The van der Waals surface area contributed by atoms with Gasteiger partial charge in [-0.15, -0.1) is 0 Å². The van der Waals surface area contributed by atoms with Gasteiger partial charge in [0.1, 0.15) is 0 Å². The molecule has 9 heteroatoms. The highest BCUT2D eigenvalue weighted by atomic mass is 33.1. The molecule has 0 heterocycles. The first-order chi connectivity index (χ1) is 9.65. The lowest BCUT2D eigenvalue weighted by Crippen LogP contribution is -1.96. The fourth-order valence-corrected chi connectivity index (χ4v) is 8.48. The molecular weight excluding hydrogens is 367 g/mol. The summed E-state index contributed by atoms with van der Waals surface area (Å²) in [5, 5.41) is -0.184. The van der Waals surface area contributed by atoms with Crippen LogP contribution in [0.25, 0.3) is 0 Å². The minimum Gasteiger partial charge on any atom is -0.329 e. The molecule has 0 aromatic heterocycles. The molecular formula is C12H19O4PS4. The Morgan fingerprint density at radius 1 is 0.905 bits per heavy atom. The van der Waals surface area contributed by atoms with Crippen molar-refractivity contribution in [1.29, 1.82) is 0 Å². The summed E-state index contributed by atoms with van der Waals surface area (Å²) in [7, 11) is 0. The van der Waals surface area contributed by atoms with Crippen molar-refractivity contribution in [1.82, 2.24) is 0 Å². The van der Waals surface area contributed by atoms with E-state index in [0.717, 1.165) is 46.3 Å². The number of hydrogen-bond donors (Lipinski definition) is 1. The second-order valence-corrected chi connectivity index (χ2v) is 13.6. The zero-order chi connectivity index (χ0) is 16.5. The Morgan fingerprint density at radius 3 is 1.52 bits per heavy atom. The van der Waals surface area contributed by atoms with E-state index in [0.29, 0.717) is 34.2 Å². The normalized spacial score (nSPS) is 11.2. The summed E-state index contributed by atoms with van der Waals surface area (Å²) in [6.45, 7) is 10.4. The van der Waals surface area contributed by atoms with E-state index in [1.54, 1.807) is 13.8 Å². The van der Waals surface area contributed by atoms with E-state index in [2.05, 4.69) is 13.2 Å². The van der Waals surface area contributed by atoms with Crippen molar-refractivity contribution in [3.8, 4) is 0 Å². The quantitative estimate of drug-likeness (QED) is 0.340. The monoisotopic (exact) mass is 386 g/mol. The van der Waals surface area contributed by atoms with Gasteiger partial charge in [-0.1, -0.05) is 59.4 Å². The minimum absolute atomic E-state index is 0.0919. The van der Waals surface area contributed by atoms with Gasteiger partial charge in [0.05, 0.1) is 0 Å². The second kappa shape index (κ2) is 11.0. The third kappa shape index (κ3) is 11.6. The van der Waals surface area contributed by atoms with Crippen molar-refractivity contribution in [2.24, 2.45) is 0 Å². The van der Waals surface area contributed by atoms with Gasteiger partial charge < -0.3 is 4.89 Å². The summed E-state index contributed by atoms with van der Waals surface area (Å²) in [5.74, 6) is -1.53. The number of carbonyl (C=O) groups excluding carboxylic acids is 2. The lowest BCUT2D eigenvalue weighted by Gasteiger charge is -2.09. The first kappa shape index (κ1) is 21.4. The van der Waals surface area contributed by atoms with E-state index < -0.39 is 5.77 Å². The molecule has 0 aliphatic carbocycles. The maximum atomic E-state index is 11.8. The topological polar surface area (TPSA) is 71.4 Å². The molecule has 0 unspecified atom stereocenters. The molecule has 0 fully saturated rings. The molecule has 1 N–H and O–H groups in total. The first-order valence-electron chi connectivity index (χ1n) is 5.93. The lowest BCUT2D eigenvalue weighted by atomic mass is 10.4.